The number of hydrogen-bond acceptors (Lipinski definition) is 5. The number of carboxylic acids is 1. The number of carbonyl (C=O) groups excluding carboxylic acids is 2. The summed E-state index contributed by atoms with van der Waals surface area (Å²) >= 11 is 0. The Hall–Kier alpha value is -2.97. The van der Waals surface area contributed by atoms with Crippen LogP contribution in [-0.2, 0) is 16.0 Å². The van der Waals surface area contributed by atoms with Gasteiger partial charge >= 0.3 is 12.0 Å². The molecule has 1 aliphatic rings. The second kappa shape index (κ2) is 5.57. The summed E-state index contributed by atoms with van der Waals surface area (Å²) in [5.74, 6) is -1.91. The number of aliphatic carboxylic acids is 1. The molecule has 1 unspecified atom stereocenters. The van der Waals surface area contributed by atoms with Gasteiger partial charge in [-0.25, -0.2) is 4.79 Å². The summed E-state index contributed by atoms with van der Waals surface area (Å²) < 4.78 is 0. The average molecular weight is 293 g/mol. The molecule has 2 rings (SSSR count). The maximum absolute atomic E-state index is 11.9. The van der Waals surface area contributed by atoms with Gasteiger partial charge in [-0.3, -0.25) is 24.6 Å². The lowest BCUT2D eigenvalue weighted by molar-refractivity contribution is -0.384. The quantitative estimate of drug-likeness (QED) is 0.451. The van der Waals surface area contributed by atoms with Crippen LogP contribution in [0.25, 0.3) is 0 Å². The highest BCUT2D eigenvalue weighted by Gasteiger charge is 2.38. The van der Waals surface area contributed by atoms with Crippen molar-refractivity contribution in [1.29, 1.82) is 0 Å². The number of urea groups is 1. The average Bonchev–Trinajstić information content (AvgIpc) is 2.67. The third-order valence-electron chi connectivity index (χ3n) is 2.99. The van der Waals surface area contributed by atoms with Crippen LogP contribution in [0.4, 0.5) is 10.5 Å². The summed E-state index contributed by atoms with van der Waals surface area (Å²) in [5.41, 5.74) is 0.546. The van der Waals surface area contributed by atoms with Crippen molar-refractivity contribution in [1.82, 2.24) is 10.2 Å². The number of imide groups is 1. The number of rotatable bonds is 5. The van der Waals surface area contributed by atoms with Gasteiger partial charge in [0.1, 0.15) is 12.6 Å². The summed E-state index contributed by atoms with van der Waals surface area (Å²) in [6.45, 7) is -0.693. The van der Waals surface area contributed by atoms with Gasteiger partial charge < -0.3 is 10.4 Å². The minimum Gasteiger partial charge on any atom is -0.480 e. The molecule has 0 bridgehead atoms. The van der Waals surface area contributed by atoms with Crippen LogP contribution >= 0.6 is 0 Å². The molecule has 0 aliphatic carbocycles. The number of non-ortho nitro benzene ring substituents is 1. The largest absolute Gasteiger partial charge is 0.480 e. The molecule has 0 aromatic heterocycles. The lowest BCUT2D eigenvalue weighted by atomic mass is 10.1. The molecule has 9 heteroatoms. The predicted octanol–water partition coefficient (Wildman–Crippen LogP) is 0.142. The van der Waals surface area contributed by atoms with Crippen molar-refractivity contribution in [2.45, 2.75) is 12.5 Å². The van der Waals surface area contributed by atoms with Gasteiger partial charge in [-0.05, 0) is 5.56 Å². The summed E-state index contributed by atoms with van der Waals surface area (Å²) in [6.07, 6.45) is 0.138. The highest BCUT2D eigenvalue weighted by Crippen LogP contribution is 2.16. The molecular formula is C12H11N3O6. The van der Waals surface area contributed by atoms with Crippen molar-refractivity contribution in [3.8, 4) is 0 Å². The fourth-order valence-corrected chi connectivity index (χ4v) is 1.99. The predicted molar refractivity (Wildman–Crippen MR) is 68.5 cm³/mol. The number of nitro groups is 1. The molecule has 2 N–H and O–H groups in total. The highest BCUT2D eigenvalue weighted by atomic mass is 16.6. The fourth-order valence-electron chi connectivity index (χ4n) is 1.99. The van der Waals surface area contributed by atoms with E-state index in [-0.39, 0.29) is 12.1 Å². The van der Waals surface area contributed by atoms with E-state index in [1.54, 1.807) is 0 Å². The number of amides is 3. The van der Waals surface area contributed by atoms with Crippen molar-refractivity contribution in [2.24, 2.45) is 0 Å². The van der Waals surface area contributed by atoms with Crippen molar-refractivity contribution >= 4 is 23.6 Å². The Bertz CT molecular complexity index is 612. The van der Waals surface area contributed by atoms with Gasteiger partial charge in [-0.2, -0.15) is 0 Å². The minimum absolute atomic E-state index is 0.0759. The first-order valence-electron chi connectivity index (χ1n) is 5.95. The van der Waals surface area contributed by atoms with E-state index in [4.69, 9.17) is 5.11 Å². The van der Waals surface area contributed by atoms with Crippen LogP contribution < -0.4 is 5.32 Å². The highest BCUT2D eigenvalue weighted by molar-refractivity contribution is 6.06. The molecule has 1 aromatic carbocycles. The van der Waals surface area contributed by atoms with Gasteiger partial charge in [0.15, 0.2) is 0 Å². The number of carbonyl (C=O) groups is 3. The van der Waals surface area contributed by atoms with Gasteiger partial charge in [-0.15, -0.1) is 0 Å². The molecule has 110 valence electrons. The number of hydrogen-bond donors (Lipinski definition) is 2. The Balaban J connectivity index is 2.06. The van der Waals surface area contributed by atoms with Gasteiger partial charge in [0.05, 0.1) is 4.92 Å². The van der Waals surface area contributed by atoms with Crippen molar-refractivity contribution in [3.63, 3.8) is 0 Å². The molecule has 21 heavy (non-hydrogen) atoms. The number of nitrogens with zero attached hydrogens (tertiary/aromatic N) is 2. The molecule has 1 fully saturated rings. The normalized spacial score (nSPS) is 17.7. The van der Waals surface area contributed by atoms with E-state index in [2.05, 4.69) is 5.32 Å². The first-order chi connectivity index (χ1) is 9.88. The van der Waals surface area contributed by atoms with E-state index in [9.17, 15) is 24.5 Å². The Morgan fingerprint density at radius 3 is 2.48 bits per heavy atom. The Morgan fingerprint density at radius 2 is 1.95 bits per heavy atom. The molecule has 9 nitrogen and oxygen atoms in total. The molecule has 0 saturated carbocycles. The van der Waals surface area contributed by atoms with Crippen LogP contribution in [0.1, 0.15) is 5.56 Å². The van der Waals surface area contributed by atoms with E-state index in [0.29, 0.717) is 10.5 Å². The molecule has 0 spiro atoms. The van der Waals surface area contributed by atoms with Crippen LogP contribution in [0.2, 0.25) is 0 Å². The molecule has 1 aliphatic heterocycles. The second-order valence-corrected chi connectivity index (χ2v) is 4.45. The summed E-state index contributed by atoms with van der Waals surface area (Å²) in [5, 5.41) is 21.5. The molecule has 1 atom stereocenters. The first kappa shape index (κ1) is 14.4. The summed E-state index contributed by atoms with van der Waals surface area (Å²) in [6, 6.07) is 3.94. The third kappa shape index (κ3) is 3.14. The Labute approximate surface area is 118 Å². The van der Waals surface area contributed by atoms with E-state index < -0.39 is 35.4 Å². The van der Waals surface area contributed by atoms with Crippen LogP contribution in [0.3, 0.4) is 0 Å². The van der Waals surface area contributed by atoms with Crippen molar-refractivity contribution in [2.75, 3.05) is 6.54 Å². The molecule has 0 radical (unpaired) electrons. The van der Waals surface area contributed by atoms with Crippen molar-refractivity contribution < 1.29 is 24.4 Å². The van der Waals surface area contributed by atoms with E-state index in [0.717, 1.165) is 0 Å². The standard InChI is InChI=1S/C12H11N3O6/c16-10(17)6-14-11(18)9(13-12(14)19)5-7-1-3-8(4-2-7)15(20)21/h1-4,9H,5-6H2,(H,13,19)(H,16,17). The van der Waals surface area contributed by atoms with E-state index in [1.165, 1.54) is 24.3 Å². The minimum atomic E-state index is -1.28. The molecule has 1 saturated heterocycles. The Kier molecular flexibility index (Phi) is 3.83. The number of carboxylic acid groups (broad SMARTS) is 1. The SMILES string of the molecule is O=C(O)CN1C(=O)NC(Cc2ccc([N+](=O)[O-])cc2)C1=O. The third-order valence-corrected chi connectivity index (χ3v) is 2.99. The monoisotopic (exact) mass is 293 g/mol. The Morgan fingerprint density at radius 1 is 1.33 bits per heavy atom. The van der Waals surface area contributed by atoms with Crippen LogP contribution in [0.5, 0.6) is 0 Å². The number of benzene rings is 1. The van der Waals surface area contributed by atoms with Gasteiger partial charge in [0.2, 0.25) is 0 Å². The fraction of sp³-hybridized carbons (Fsp3) is 0.250. The molecular weight excluding hydrogens is 282 g/mol. The second-order valence-electron chi connectivity index (χ2n) is 4.45. The van der Waals surface area contributed by atoms with Crippen molar-refractivity contribution in [3.05, 3.63) is 39.9 Å². The topological polar surface area (TPSA) is 130 Å². The van der Waals surface area contributed by atoms with Crippen LogP contribution in [0.15, 0.2) is 24.3 Å². The maximum atomic E-state index is 11.9. The van der Waals surface area contributed by atoms with E-state index >= 15 is 0 Å². The lowest BCUT2D eigenvalue weighted by Gasteiger charge is -2.10. The summed E-state index contributed by atoms with van der Waals surface area (Å²) in [7, 11) is 0. The first-order valence-corrected chi connectivity index (χ1v) is 5.95. The summed E-state index contributed by atoms with van der Waals surface area (Å²) in [4.78, 5) is 44.6. The van der Waals surface area contributed by atoms with Gasteiger partial charge in [0.25, 0.3) is 11.6 Å². The smallest absolute Gasteiger partial charge is 0.325 e. The van der Waals surface area contributed by atoms with Crippen LogP contribution in [0, 0.1) is 10.1 Å². The molecule has 3 amide bonds. The number of nitro benzene ring substituents is 1. The maximum Gasteiger partial charge on any atom is 0.325 e. The van der Waals surface area contributed by atoms with Gasteiger partial charge in [0, 0.05) is 18.6 Å². The molecule has 1 aromatic rings. The van der Waals surface area contributed by atoms with Crippen LogP contribution in [-0.4, -0.2) is 45.4 Å². The zero-order valence-corrected chi connectivity index (χ0v) is 10.7. The zero-order valence-electron chi connectivity index (χ0n) is 10.7. The number of nitrogens with one attached hydrogen (secondary N) is 1. The van der Waals surface area contributed by atoms with Gasteiger partial charge in [-0.1, -0.05) is 12.1 Å². The van der Waals surface area contributed by atoms with E-state index in [1.807, 2.05) is 0 Å². The zero-order chi connectivity index (χ0) is 15.6. The molecule has 1 heterocycles. The lowest BCUT2D eigenvalue weighted by Crippen LogP contribution is -2.36.